The van der Waals surface area contributed by atoms with Gasteiger partial charge in [0, 0.05) is 12.5 Å². The molecule has 0 heterocycles. The van der Waals surface area contributed by atoms with Crippen molar-refractivity contribution in [2.24, 2.45) is 0 Å². The molecule has 0 saturated heterocycles. The van der Waals surface area contributed by atoms with Gasteiger partial charge in [-0.1, -0.05) is 0 Å². The molecule has 0 fully saturated rings. The average Bonchev–Trinajstić information content (AvgIpc) is 2.49. The van der Waals surface area contributed by atoms with Gasteiger partial charge in [-0.05, 0) is 66.6 Å². The smallest absolute Gasteiger partial charge is 0.306 e. The van der Waals surface area contributed by atoms with Gasteiger partial charge in [-0.2, -0.15) is 0 Å². The fraction of sp³-hybridized carbons (Fsp3) is 0. The van der Waals surface area contributed by atoms with E-state index in [0.29, 0.717) is 26.8 Å². The zero-order valence-corrected chi connectivity index (χ0v) is 17.1. The van der Waals surface area contributed by atoms with Crippen molar-refractivity contribution in [1.29, 1.82) is 0 Å². The Balaban J connectivity index is 2.74. The van der Waals surface area contributed by atoms with Crippen LogP contribution in [-0.2, 0) is 0 Å². The third-order valence-electron chi connectivity index (χ3n) is 2.94. The van der Waals surface area contributed by atoms with Crippen molar-refractivity contribution in [3.05, 3.63) is 67.1 Å². The van der Waals surface area contributed by atoms with Gasteiger partial charge in [0.25, 0.3) is 5.69 Å². The Hall–Kier alpha value is -1.87. The van der Waals surface area contributed by atoms with E-state index in [2.05, 4.69) is 37.2 Å². The molecule has 2 rings (SSSR count). The molecule has 0 spiro atoms. The van der Waals surface area contributed by atoms with Crippen molar-refractivity contribution in [1.82, 2.24) is 0 Å². The lowest BCUT2D eigenvalue weighted by atomic mass is 10.2. The molecule has 0 atom stereocenters. The maximum absolute atomic E-state index is 11.3. The highest BCUT2D eigenvalue weighted by atomic mass is 127. The first-order valence-electron chi connectivity index (χ1n) is 6.14. The van der Waals surface area contributed by atoms with Crippen LogP contribution in [0, 0.1) is 33.9 Å². The summed E-state index contributed by atoms with van der Waals surface area (Å²) in [5, 5.41) is 36.1. The monoisotopic (exact) mass is 586 g/mol. The molecule has 0 bridgehead atoms. The van der Waals surface area contributed by atoms with E-state index in [1.165, 1.54) is 0 Å². The van der Waals surface area contributed by atoms with Gasteiger partial charge < -0.3 is 5.32 Å². The minimum absolute atomic E-state index is 0.306. The number of nitrogens with zero attached hydrogens (tertiary/aromatic N) is 3. The van der Waals surface area contributed by atoms with Crippen LogP contribution in [0.25, 0.3) is 0 Å². The van der Waals surface area contributed by atoms with Crippen LogP contribution in [0.3, 0.4) is 0 Å². The second-order valence-electron chi connectivity index (χ2n) is 4.50. The van der Waals surface area contributed by atoms with Crippen molar-refractivity contribution in [3.63, 3.8) is 0 Å². The van der Waals surface area contributed by atoms with Gasteiger partial charge in [0.2, 0.25) is 0 Å². The minimum atomic E-state index is -0.930. The third kappa shape index (κ3) is 4.21. The molecule has 0 aromatic heterocycles. The molecule has 0 aliphatic heterocycles. The Bertz CT molecular complexity index is 864. The lowest BCUT2D eigenvalue weighted by Gasteiger charge is -2.12. The Morgan fingerprint density at radius 2 is 1.24 bits per heavy atom. The lowest BCUT2D eigenvalue weighted by Crippen LogP contribution is -2.04. The number of halogens is 3. The van der Waals surface area contributed by atoms with E-state index < -0.39 is 37.5 Å². The maximum Gasteiger partial charge on any atom is 0.306 e. The number of anilines is 2. The summed E-state index contributed by atoms with van der Waals surface area (Å²) < 4.78 is 1.83. The van der Waals surface area contributed by atoms with E-state index in [9.17, 15) is 30.3 Å². The Labute approximate surface area is 169 Å². The molecule has 1 N–H and O–H groups in total. The normalized spacial score (nSPS) is 10.4. The molecule has 2 aromatic rings. The molecular weight excluding hydrogens is 583 g/mol. The molecule has 0 aliphatic carbocycles. The molecule has 0 aliphatic rings. The topological polar surface area (TPSA) is 141 Å². The summed E-state index contributed by atoms with van der Waals surface area (Å²) in [4.78, 5) is 30.7. The summed E-state index contributed by atoms with van der Waals surface area (Å²) in [5.74, 6) is 0. The quantitative estimate of drug-likeness (QED) is 0.285. The molecule has 10 nitrogen and oxygen atoms in total. The number of hydrogen-bond acceptors (Lipinski definition) is 7. The van der Waals surface area contributed by atoms with E-state index in [1.807, 2.05) is 22.6 Å². The number of hydrogen-bond donors (Lipinski definition) is 1. The summed E-state index contributed by atoms with van der Waals surface area (Å²) in [6.07, 6.45) is 0. The maximum atomic E-state index is 11.3. The minimum Gasteiger partial charge on any atom is -0.342 e. The highest BCUT2D eigenvalue weighted by Gasteiger charge is 2.31. The predicted octanol–water partition coefficient (Wildman–Crippen LogP) is 5.28. The van der Waals surface area contributed by atoms with Gasteiger partial charge in [0.1, 0.15) is 0 Å². The number of non-ortho nitro benzene ring substituents is 1. The fourth-order valence-corrected chi connectivity index (χ4v) is 4.77. The van der Waals surface area contributed by atoms with Gasteiger partial charge in [-0.3, -0.25) is 30.3 Å². The molecule has 0 amide bonds. The number of nitro benzene ring substituents is 3. The van der Waals surface area contributed by atoms with Gasteiger partial charge >= 0.3 is 11.4 Å². The first kappa shape index (κ1) is 19.5. The molecule has 0 radical (unpaired) electrons. The molecule has 0 unspecified atom stereocenters. The second kappa shape index (κ2) is 7.57. The van der Waals surface area contributed by atoms with E-state index in [0.717, 1.165) is 3.57 Å². The number of nitro groups is 3. The van der Waals surface area contributed by atoms with Crippen LogP contribution < -0.4 is 5.32 Å². The lowest BCUT2D eigenvalue weighted by molar-refractivity contribution is -0.401. The van der Waals surface area contributed by atoms with Crippen LogP contribution in [0.15, 0.2) is 33.2 Å². The summed E-state index contributed by atoms with van der Waals surface area (Å²) in [6, 6.07) is 4.72. The Morgan fingerprint density at radius 3 is 1.60 bits per heavy atom. The van der Waals surface area contributed by atoms with E-state index in [-0.39, 0.29) is 0 Å². The Kier molecular flexibility index (Phi) is 5.89. The van der Waals surface area contributed by atoms with Crippen LogP contribution in [0.2, 0.25) is 0 Å². The third-order valence-corrected chi connectivity index (χ3v) is 4.82. The highest BCUT2D eigenvalue weighted by Crippen LogP contribution is 2.43. The second-order valence-corrected chi connectivity index (χ2v) is 7.45. The number of nitrogens with one attached hydrogen (secondary N) is 1. The van der Waals surface area contributed by atoms with E-state index in [1.54, 1.807) is 12.1 Å². The van der Waals surface area contributed by atoms with Crippen molar-refractivity contribution in [3.8, 4) is 0 Å². The molecule has 0 saturated carbocycles. The molecule has 13 heteroatoms. The molecule has 25 heavy (non-hydrogen) atoms. The van der Waals surface area contributed by atoms with Crippen molar-refractivity contribution in [2.45, 2.75) is 0 Å². The van der Waals surface area contributed by atoms with Crippen LogP contribution in [-0.4, -0.2) is 14.8 Å². The zero-order chi connectivity index (χ0) is 18.9. The summed E-state index contributed by atoms with van der Waals surface area (Å²) in [5.41, 5.74) is -2.45. The van der Waals surface area contributed by atoms with Gasteiger partial charge in [-0.15, -0.1) is 0 Å². The van der Waals surface area contributed by atoms with Crippen LogP contribution in [0.5, 0.6) is 0 Å². The molecule has 130 valence electrons. The number of benzene rings is 2. The van der Waals surface area contributed by atoms with Crippen LogP contribution in [0.1, 0.15) is 0 Å². The van der Waals surface area contributed by atoms with Gasteiger partial charge in [-0.25, -0.2) is 0 Å². The SMILES string of the molecule is O=[N+]([O-])c1cc([N+](=O)[O-])c(Nc2c(Br)cc(I)cc2Br)c([N+](=O)[O-])c1. The zero-order valence-electron chi connectivity index (χ0n) is 11.7. The summed E-state index contributed by atoms with van der Waals surface area (Å²) in [6.45, 7) is 0. The predicted molar refractivity (Wildman–Crippen MR) is 104 cm³/mol. The van der Waals surface area contributed by atoms with Crippen molar-refractivity contribution in [2.75, 3.05) is 5.32 Å². The molecular formula is C12H5Br2IN4O6. The molecule has 2 aromatic carbocycles. The van der Waals surface area contributed by atoms with Gasteiger partial charge in [0.05, 0.1) is 32.6 Å². The van der Waals surface area contributed by atoms with Crippen molar-refractivity contribution < 1.29 is 14.8 Å². The summed E-state index contributed by atoms with van der Waals surface area (Å²) in [7, 11) is 0. The standard InChI is InChI=1S/C12H5Br2IN4O6/c13-7-1-5(15)2-8(14)11(7)16-12-9(18(22)23)3-6(17(20)21)4-10(12)19(24)25/h1-4,16H. The first-order chi connectivity index (χ1) is 11.6. The largest absolute Gasteiger partial charge is 0.342 e. The summed E-state index contributed by atoms with van der Waals surface area (Å²) >= 11 is 8.59. The van der Waals surface area contributed by atoms with Crippen LogP contribution >= 0.6 is 54.5 Å². The first-order valence-corrected chi connectivity index (χ1v) is 8.81. The van der Waals surface area contributed by atoms with Crippen molar-refractivity contribution >= 4 is 82.9 Å². The van der Waals surface area contributed by atoms with E-state index >= 15 is 0 Å². The average molecular weight is 588 g/mol. The number of rotatable bonds is 5. The van der Waals surface area contributed by atoms with Gasteiger partial charge in [0.15, 0.2) is 5.69 Å². The highest BCUT2D eigenvalue weighted by molar-refractivity contribution is 14.1. The van der Waals surface area contributed by atoms with Crippen LogP contribution in [0.4, 0.5) is 28.4 Å². The van der Waals surface area contributed by atoms with E-state index in [4.69, 9.17) is 0 Å². The fourth-order valence-electron chi connectivity index (χ4n) is 1.91. The Morgan fingerprint density at radius 1 is 0.800 bits per heavy atom.